The van der Waals surface area contributed by atoms with E-state index in [9.17, 15) is 4.79 Å². The monoisotopic (exact) mass is 265 g/mol. The average Bonchev–Trinajstić information content (AvgIpc) is 2.27. The first kappa shape index (κ1) is 10.4. The van der Waals surface area contributed by atoms with Crippen molar-refractivity contribution >= 4 is 26.8 Å². The van der Waals surface area contributed by atoms with E-state index in [0.29, 0.717) is 0 Å². The van der Waals surface area contributed by atoms with E-state index in [0.717, 1.165) is 27.4 Å². The predicted octanol–water partition coefficient (Wildman–Crippen LogP) is 2.74. The Bertz CT molecular complexity index is 572. The summed E-state index contributed by atoms with van der Waals surface area (Å²) in [5, 5.41) is 1.86. The summed E-state index contributed by atoms with van der Waals surface area (Å²) in [5.74, 6) is 0. The van der Waals surface area contributed by atoms with Crippen molar-refractivity contribution < 1.29 is 0 Å². The van der Waals surface area contributed by atoms with E-state index in [1.807, 2.05) is 32.2 Å². The number of aromatic nitrogens is 1. The van der Waals surface area contributed by atoms with Crippen LogP contribution in [0.15, 0.2) is 29.1 Å². The molecule has 0 aliphatic carbocycles. The van der Waals surface area contributed by atoms with E-state index < -0.39 is 0 Å². The van der Waals surface area contributed by atoms with Gasteiger partial charge in [0.05, 0.1) is 5.52 Å². The number of alkyl halides is 1. The van der Waals surface area contributed by atoms with E-state index in [2.05, 4.69) is 22.0 Å². The number of nitrogens with zero attached hydrogens (tertiary/aromatic N) is 1. The van der Waals surface area contributed by atoms with Gasteiger partial charge in [0, 0.05) is 23.3 Å². The van der Waals surface area contributed by atoms with Crippen LogP contribution in [0.2, 0.25) is 0 Å². The number of halogens is 1. The van der Waals surface area contributed by atoms with Gasteiger partial charge in [0.15, 0.2) is 0 Å². The molecule has 0 bridgehead atoms. The number of hydrogen-bond acceptors (Lipinski definition) is 1. The van der Waals surface area contributed by atoms with Crippen molar-refractivity contribution in [3.05, 3.63) is 45.7 Å². The average molecular weight is 266 g/mol. The fourth-order valence-corrected chi connectivity index (χ4v) is 2.61. The van der Waals surface area contributed by atoms with E-state index in [1.54, 1.807) is 4.57 Å². The molecule has 0 aliphatic heterocycles. The summed E-state index contributed by atoms with van der Waals surface area (Å²) in [6.45, 7) is 1.88. The van der Waals surface area contributed by atoms with Gasteiger partial charge in [0.25, 0.3) is 5.56 Å². The number of pyridine rings is 1. The largest absolute Gasteiger partial charge is 0.311 e. The molecular formula is C12H12BrNO. The SMILES string of the molecule is Cc1c(CBr)c2ccccc2n(C)c1=O. The summed E-state index contributed by atoms with van der Waals surface area (Å²) in [4.78, 5) is 11.9. The summed E-state index contributed by atoms with van der Waals surface area (Å²) < 4.78 is 1.71. The zero-order valence-corrected chi connectivity index (χ0v) is 10.3. The lowest BCUT2D eigenvalue weighted by atomic mass is 10.1. The third kappa shape index (κ3) is 1.51. The molecule has 0 saturated heterocycles. The Labute approximate surface area is 96.7 Å². The number of hydrogen-bond donors (Lipinski definition) is 0. The molecule has 0 radical (unpaired) electrons. The molecule has 2 aromatic rings. The van der Waals surface area contributed by atoms with E-state index >= 15 is 0 Å². The normalized spacial score (nSPS) is 10.9. The van der Waals surface area contributed by atoms with Gasteiger partial charge < -0.3 is 4.57 Å². The van der Waals surface area contributed by atoms with E-state index in [1.165, 1.54) is 0 Å². The molecule has 3 heteroatoms. The second-order valence-corrected chi connectivity index (χ2v) is 4.18. The minimum Gasteiger partial charge on any atom is -0.311 e. The smallest absolute Gasteiger partial charge is 0.253 e. The topological polar surface area (TPSA) is 22.0 Å². The molecule has 15 heavy (non-hydrogen) atoms. The molecule has 1 aromatic heterocycles. The van der Waals surface area contributed by atoms with Gasteiger partial charge in [-0.05, 0) is 18.6 Å². The Morgan fingerprint density at radius 2 is 2.00 bits per heavy atom. The number of fused-ring (bicyclic) bond motifs is 1. The molecule has 0 atom stereocenters. The van der Waals surface area contributed by atoms with Crippen LogP contribution in [0.5, 0.6) is 0 Å². The van der Waals surface area contributed by atoms with Crippen molar-refractivity contribution in [1.82, 2.24) is 4.57 Å². The molecule has 1 aromatic carbocycles. The molecule has 78 valence electrons. The third-order valence-corrected chi connectivity index (χ3v) is 3.36. The van der Waals surface area contributed by atoms with E-state index in [-0.39, 0.29) is 5.56 Å². The van der Waals surface area contributed by atoms with Gasteiger partial charge in [-0.2, -0.15) is 0 Å². The van der Waals surface area contributed by atoms with Gasteiger partial charge in [-0.15, -0.1) is 0 Å². The van der Waals surface area contributed by atoms with Gasteiger partial charge in [-0.25, -0.2) is 0 Å². The second kappa shape index (κ2) is 3.81. The molecule has 0 saturated carbocycles. The lowest BCUT2D eigenvalue weighted by Crippen LogP contribution is -2.21. The fourth-order valence-electron chi connectivity index (χ4n) is 1.89. The second-order valence-electron chi connectivity index (χ2n) is 3.62. The predicted molar refractivity (Wildman–Crippen MR) is 66.6 cm³/mol. The van der Waals surface area contributed by atoms with E-state index in [4.69, 9.17) is 0 Å². The van der Waals surface area contributed by atoms with Crippen LogP contribution in [0.3, 0.4) is 0 Å². The van der Waals surface area contributed by atoms with Gasteiger partial charge >= 0.3 is 0 Å². The van der Waals surface area contributed by atoms with Crippen LogP contribution in [0.4, 0.5) is 0 Å². The Kier molecular flexibility index (Phi) is 2.65. The van der Waals surface area contributed by atoms with Crippen LogP contribution in [-0.2, 0) is 12.4 Å². The molecule has 0 unspecified atom stereocenters. The molecule has 1 heterocycles. The number of rotatable bonds is 1. The van der Waals surface area contributed by atoms with Crippen LogP contribution in [0, 0.1) is 6.92 Å². The Hall–Kier alpha value is -1.09. The Morgan fingerprint density at radius 3 is 2.67 bits per heavy atom. The molecule has 0 aliphatic rings. The molecule has 2 rings (SSSR count). The standard InChI is InChI=1S/C12H12BrNO/c1-8-10(7-13)9-5-3-4-6-11(9)14(2)12(8)15/h3-6H,7H2,1-2H3. The molecule has 0 spiro atoms. The minimum atomic E-state index is 0.0863. The molecule has 0 amide bonds. The highest BCUT2D eigenvalue weighted by molar-refractivity contribution is 9.08. The Balaban J connectivity index is 3.05. The van der Waals surface area contributed by atoms with Crippen molar-refractivity contribution in [3.8, 4) is 0 Å². The highest BCUT2D eigenvalue weighted by atomic mass is 79.9. The third-order valence-electron chi connectivity index (χ3n) is 2.80. The maximum absolute atomic E-state index is 11.9. The maximum Gasteiger partial charge on any atom is 0.253 e. The van der Waals surface area contributed by atoms with Crippen LogP contribution < -0.4 is 5.56 Å². The van der Waals surface area contributed by atoms with Crippen molar-refractivity contribution in [2.45, 2.75) is 12.3 Å². The molecule has 0 N–H and O–H groups in total. The first-order valence-corrected chi connectivity index (χ1v) is 5.92. The van der Waals surface area contributed by atoms with Crippen molar-refractivity contribution in [3.63, 3.8) is 0 Å². The van der Waals surface area contributed by atoms with Crippen LogP contribution >= 0.6 is 15.9 Å². The van der Waals surface area contributed by atoms with Crippen molar-refractivity contribution in [2.24, 2.45) is 7.05 Å². The summed E-state index contributed by atoms with van der Waals surface area (Å²) in [7, 11) is 1.82. The summed E-state index contributed by atoms with van der Waals surface area (Å²) in [6.07, 6.45) is 0. The molecular weight excluding hydrogens is 254 g/mol. The van der Waals surface area contributed by atoms with Crippen molar-refractivity contribution in [1.29, 1.82) is 0 Å². The highest BCUT2D eigenvalue weighted by Gasteiger charge is 2.09. The van der Waals surface area contributed by atoms with Gasteiger partial charge in [0.1, 0.15) is 0 Å². The van der Waals surface area contributed by atoms with Crippen LogP contribution in [-0.4, -0.2) is 4.57 Å². The van der Waals surface area contributed by atoms with Gasteiger partial charge in [0.2, 0.25) is 0 Å². The molecule has 2 nitrogen and oxygen atoms in total. The number of benzene rings is 1. The quantitative estimate of drug-likeness (QED) is 0.727. The minimum absolute atomic E-state index is 0.0863. The summed E-state index contributed by atoms with van der Waals surface area (Å²) in [6, 6.07) is 7.98. The lowest BCUT2D eigenvalue weighted by Gasteiger charge is -2.11. The lowest BCUT2D eigenvalue weighted by molar-refractivity contribution is 0.888. The number of aryl methyl sites for hydroxylation is 1. The zero-order valence-electron chi connectivity index (χ0n) is 8.75. The first-order chi connectivity index (χ1) is 7.16. The highest BCUT2D eigenvalue weighted by Crippen LogP contribution is 2.21. The summed E-state index contributed by atoms with van der Waals surface area (Å²) >= 11 is 3.44. The Morgan fingerprint density at radius 1 is 1.33 bits per heavy atom. The zero-order chi connectivity index (χ0) is 11.0. The molecule has 0 fully saturated rings. The van der Waals surface area contributed by atoms with Crippen molar-refractivity contribution in [2.75, 3.05) is 0 Å². The number of para-hydroxylation sites is 1. The maximum atomic E-state index is 11.9. The summed E-state index contributed by atoms with van der Waals surface area (Å²) in [5.41, 5.74) is 2.99. The van der Waals surface area contributed by atoms with Crippen LogP contribution in [0.25, 0.3) is 10.9 Å². The van der Waals surface area contributed by atoms with Crippen LogP contribution in [0.1, 0.15) is 11.1 Å². The van der Waals surface area contributed by atoms with Gasteiger partial charge in [-0.3, -0.25) is 4.79 Å². The van der Waals surface area contributed by atoms with Gasteiger partial charge in [-0.1, -0.05) is 34.1 Å². The fraction of sp³-hybridized carbons (Fsp3) is 0.250. The first-order valence-electron chi connectivity index (χ1n) is 4.80.